The smallest absolute Gasteiger partial charge is 0.274 e. The Balaban J connectivity index is 2.25. The Morgan fingerprint density at radius 3 is 2.72 bits per heavy atom. The van der Waals surface area contributed by atoms with Gasteiger partial charge in [-0.1, -0.05) is 18.2 Å². The molecule has 1 aromatic heterocycles. The van der Waals surface area contributed by atoms with Crippen molar-refractivity contribution in [2.75, 3.05) is 0 Å². The molecule has 0 saturated carbocycles. The fraction of sp³-hybridized carbons (Fsp3) is 0.231. The molecular formula is C13H14N2O3. The van der Waals surface area contributed by atoms with Crippen molar-refractivity contribution < 1.29 is 10.0 Å². The normalized spacial score (nSPS) is 12.3. The largest absolute Gasteiger partial charge is 0.389 e. The first-order valence-corrected chi connectivity index (χ1v) is 5.64. The second kappa shape index (κ2) is 5.01. The molecule has 1 aromatic carbocycles. The van der Waals surface area contributed by atoms with E-state index in [0.717, 1.165) is 5.56 Å². The van der Waals surface area contributed by atoms with Gasteiger partial charge in [0.1, 0.15) is 0 Å². The standard InChI is InChI=1S/C13H14N2O3/c1-10(16)11-6-7-14(8-11)9-12-4-2-3-5-13(12)15(17)18/h2-8,10,16H,9H2,1H3. The van der Waals surface area contributed by atoms with Crippen LogP contribution in [0.5, 0.6) is 0 Å². The summed E-state index contributed by atoms with van der Waals surface area (Å²) in [5.74, 6) is 0. The Morgan fingerprint density at radius 1 is 1.39 bits per heavy atom. The van der Waals surface area contributed by atoms with Crippen LogP contribution in [0.3, 0.4) is 0 Å². The molecule has 0 aliphatic carbocycles. The van der Waals surface area contributed by atoms with E-state index in [1.807, 2.05) is 4.57 Å². The quantitative estimate of drug-likeness (QED) is 0.665. The Bertz CT molecular complexity index is 561. The molecule has 0 spiro atoms. The highest BCUT2D eigenvalue weighted by Gasteiger charge is 2.12. The predicted octanol–water partition coefficient (Wildman–Crippen LogP) is 2.50. The molecule has 0 radical (unpaired) electrons. The Hall–Kier alpha value is -2.14. The van der Waals surface area contributed by atoms with Crippen LogP contribution in [0.4, 0.5) is 5.69 Å². The van der Waals surface area contributed by atoms with Crippen molar-refractivity contribution in [2.45, 2.75) is 19.6 Å². The molecule has 0 saturated heterocycles. The van der Waals surface area contributed by atoms with Gasteiger partial charge in [0.25, 0.3) is 5.69 Å². The highest BCUT2D eigenvalue weighted by Crippen LogP contribution is 2.20. The molecule has 5 heteroatoms. The number of hydrogen-bond donors (Lipinski definition) is 1. The van der Waals surface area contributed by atoms with E-state index in [9.17, 15) is 15.2 Å². The van der Waals surface area contributed by atoms with Crippen molar-refractivity contribution in [3.63, 3.8) is 0 Å². The average molecular weight is 246 g/mol. The summed E-state index contributed by atoms with van der Waals surface area (Å²) in [5, 5.41) is 20.3. The SMILES string of the molecule is CC(O)c1ccn(Cc2ccccc2[N+](=O)[O-])c1. The minimum atomic E-state index is -0.531. The van der Waals surface area contributed by atoms with Crippen molar-refractivity contribution in [3.8, 4) is 0 Å². The zero-order valence-corrected chi connectivity index (χ0v) is 9.98. The summed E-state index contributed by atoms with van der Waals surface area (Å²) in [4.78, 5) is 10.5. The summed E-state index contributed by atoms with van der Waals surface area (Å²) in [7, 11) is 0. The molecule has 0 aliphatic heterocycles. The highest BCUT2D eigenvalue weighted by molar-refractivity contribution is 5.40. The summed E-state index contributed by atoms with van der Waals surface area (Å²) in [6.45, 7) is 2.11. The molecule has 5 nitrogen and oxygen atoms in total. The predicted molar refractivity (Wildman–Crippen MR) is 67.3 cm³/mol. The molecule has 2 rings (SSSR count). The maximum absolute atomic E-state index is 10.9. The molecule has 1 atom stereocenters. The van der Waals surface area contributed by atoms with Gasteiger partial charge in [0.2, 0.25) is 0 Å². The summed E-state index contributed by atoms with van der Waals surface area (Å²) in [6.07, 6.45) is 3.07. The first-order chi connectivity index (χ1) is 8.58. The van der Waals surface area contributed by atoms with Gasteiger partial charge >= 0.3 is 0 Å². The minimum Gasteiger partial charge on any atom is -0.389 e. The van der Waals surface area contributed by atoms with Gasteiger partial charge < -0.3 is 9.67 Å². The van der Waals surface area contributed by atoms with E-state index < -0.39 is 6.10 Å². The van der Waals surface area contributed by atoms with Crippen LogP contribution in [-0.2, 0) is 6.54 Å². The lowest BCUT2D eigenvalue weighted by atomic mass is 10.2. The van der Waals surface area contributed by atoms with Crippen molar-refractivity contribution >= 4 is 5.69 Å². The first kappa shape index (κ1) is 12.3. The second-order valence-electron chi connectivity index (χ2n) is 4.18. The molecule has 1 heterocycles. The lowest BCUT2D eigenvalue weighted by Gasteiger charge is -2.04. The van der Waals surface area contributed by atoms with Gasteiger partial charge in [0.15, 0.2) is 0 Å². The van der Waals surface area contributed by atoms with Crippen LogP contribution in [0, 0.1) is 10.1 Å². The molecule has 0 aliphatic rings. The maximum atomic E-state index is 10.9. The number of benzene rings is 1. The summed E-state index contributed by atoms with van der Waals surface area (Å²) >= 11 is 0. The van der Waals surface area contributed by atoms with Crippen LogP contribution in [0.25, 0.3) is 0 Å². The topological polar surface area (TPSA) is 68.3 Å². The Kier molecular flexibility index (Phi) is 3.43. The summed E-state index contributed by atoms with van der Waals surface area (Å²) in [6, 6.07) is 8.47. The molecule has 0 amide bonds. The van der Waals surface area contributed by atoms with E-state index in [4.69, 9.17) is 0 Å². The fourth-order valence-electron chi connectivity index (χ4n) is 1.82. The summed E-state index contributed by atoms with van der Waals surface area (Å²) < 4.78 is 1.82. The molecule has 2 aromatic rings. The van der Waals surface area contributed by atoms with Gasteiger partial charge in [-0.3, -0.25) is 10.1 Å². The van der Waals surface area contributed by atoms with E-state index in [2.05, 4.69) is 0 Å². The second-order valence-corrected chi connectivity index (χ2v) is 4.18. The van der Waals surface area contributed by atoms with Gasteiger partial charge in [-0.2, -0.15) is 0 Å². The highest BCUT2D eigenvalue weighted by atomic mass is 16.6. The number of nitrogens with zero attached hydrogens (tertiary/aromatic N) is 2. The Labute approximate surface area is 104 Å². The molecule has 18 heavy (non-hydrogen) atoms. The molecule has 1 N–H and O–H groups in total. The van der Waals surface area contributed by atoms with Crippen LogP contribution >= 0.6 is 0 Å². The van der Waals surface area contributed by atoms with Crippen LogP contribution in [-0.4, -0.2) is 14.6 Å². The van der Waals surface area contributed by atoms with Crippen molar-refractivity contribution in [2.24, 2.45) is 0 Å². The van der Waals surface area contributed by atoms with Crippen molar-refractivity contribution in [1.82, 2.24) is 4.57 Å². The first-order valence-electron chi connectivity index (χ1n) is 5.64. The lowest BCUT2D eigenvalue weighted by molar-refractivity contribution is -0.385. The number of nitro groups is 1. The number of aliphatic hydroxyl groups excluding tert-OH is 1. The van der Waals surface area contributed by atoms with Gasteiger partial charge in [0.05, 0.1) is 17.6 Å². The third-order valence-electron chi connectivity index (χ3n) is 2.80. The van der Waals surface area contributed by atoms with Gasteiger partial charge in [-0.25, -0.2) is 0 Å². The van der Waals surface area contributed by atoms with E-state index in [0.29, 0.717) is 12.1 Å². The van der Waals surface area contributed by atoms with E-state index >= 15 is 0 Å². The van der Waals surface area contributed by atoms with Crippen LogP contribution in [0.1, 0.15) is 24.2 Å². The monoisotopic (exact) mass is 246 g/mol. The number of aliphatic hydroxyl groups is 1. The van der Waals surface area contributed by atoms with E-state index in [-0.39, 0.29) is 10.6 Å². The summed E-state index contributed by atoms with van der Waals surface area (Å²) in [5.41, 5.74) is 1.56. The fourth-order valence-corrected chi connectivity index (χ4v) is 1.82. The lowest BCUT2D eigenvalue weighted by Crippen LogP contribution is -2.01. The van der Waals surface area contributed by atoms with E-state index in [1.54, 1.807) is 43.6 Å². The molecule has 0 fully saturated rings. The molecule has 1 unspecified atom stereocenters. The van der Waals surface area contributed by atoms with Gasteiger partial charge in [-0.05, 0) is 18.6 Å². The molecular weight excluding hydrogens is 232 g/mol. The number of rotatable bonds is 4. The zero-order chi connectivity index (χ0) is 13.1. The Morgan fingerprint density at radius 2 is 2.11 bits per heavy atom. The molecule has 94 valence electrons. The van der Waals surface area contributed by atoms with Crippen molar-refractivity contribution in [1.29, 1.82) is 0 Å². The third kappa shape index (κ3) is 2.57. The van der Waals surface area contributed by atoms with Crippen LogP contribution in [0.2, 0.25) is 0 Å². The number of hydrogen-bond acceptors (Lipinski definition) is 3. The van der Waals surface area contributed by atoms with E-state index in [1.165, 1.54) is 6.07 Å². The van der Waals surface area contributed by atoms with Crippen LogP contribution < -0.4 is 0 Å². The van der Waals surface area contributed by atoms with Gasteiger partial charge in [-0.15, -0.1) is 0 Å². The molecule has 0 bridgehead atoms. The van der Waals surface area contributed by atoms with Gasteiger partial charge in [0, 0.05) is 24.0 Å². The number of nitro benzene ring substituents is 1. The maximum Gasteiger partial charge on any atom is 0.274 e. The third-order valence-corrected chi connectivity index (χ3v) is 2.80. The van der Waals surface area contributed by atoms with Crippen LogP contribution in [0.15, 0.2) is 42.7 Å². The minimum absolute atomic E-state index is 0.116. The zero-order valence-electron chi connectivity index (χ0n) is 9.98. The average Bonchev–Trinajstić information content (AvgIpc) is 2.78. The number of aromatic nitrogens is 1. The number of para-hydroxylation sites is 1. The van der Waals surface area contributed by atoms with Crippen molar-refractivity contribution in [3.05, 3.63) is 64.0 Å².